The number of nitrogens with one attached hydrogen (secondary N) is 1. The highest BCUT2D eigenvalue weighted by molar-refractivity contribution is 8.00. The summed E-state index contributed by atoms with van der Waals surface area (Å²) in [5.41, 5.74) is 0. The fourth-order valence-electron chi connectivity index (χ4n) is 1.93. The molecule has 3 nitrogen and oxygen atoms in total. The van der Waals surface area contributed by atoms with Crippen molar-refractivity contribution in [2.24, 2.45) is 0 Å². The molecule has 0 radical (unpaired) electrons. The highest BCUT2D eigenvalue weighted by atomic mass is 32.2. The van der Waals surface area contributed by atoms with E-state index in [0.717, 1.165) is 44.8 Å². The Hall–Kier alpha value is -0.220. The van der Waals surface area contributed by atoms with E-state index in [-0.39, 0.29) is 11.2 Å². The zero-order valence-electron chi connectivity index (χ0n) is 10.5. The van der Waals surface area contributed by atoms with Gasteiger partial charge in [-0.05, 0) is 25.9 Å². The molecule has 0 aromatic carbocycles. The number of carbonyl (C=O) groups excluding carboxylic acids is 1. The molecule has 4 heteroatoms. The maximum absolute atomic E-state index is 11.7. The van der Waals surface area contributed by atoms with E-state index < -0.39 is 0 Å². The van der Waals surface area contributed by atoms with Crippen molar-refractivity contribution in [2.45, 2.75) is 38.4 Å². The van der Waals surface area contributed by atoms with Crippen LogP contribution in [0.5, 0.6) is 0 Å². The minimum Gasteiger partial charge on any atom is -0.355 e. The molecule has 0 saturated carbocycles. The van der Waals surface area contributed by atoms with E-state index in [4.69, 9.17) is 0 Å². The van der Waals surface area contributed by atoms with Crippen molar-refractivity contribution < 1.29 is 4.79 Å². The summed E-state index contributed by atoms with van der Waals surface area (Å²) in [7, 11) is 0. The van der Waals surface area contributed by atoms with Gasteiger partial charge in [0.05, 0.1) is 5.25 Å². The van der Waals surface area contributed by atoms with Crippen molar-refractivity contribution in [3.63, 3.8) is 0 Å². The molecule has 1 heterocycles. The molecule has 1 N–H and O–H groups in total. The summed E-state index contributed by atoms with van der Waals surface area (Å²) in [5.74, 6) is 1.32. The zero-order valence-corrected chi connectivity index (χ0v) is 11.3. The number of carbonyl (C=O) groups is 1. The van der Waals surface area contributed by atoms with Crippen LogP contribution in [0.15, 0.2) is 0 Å². The van der Waals surface area contributed by atoms with E-state index in [0.29, 0.717) is 0 Å². The molecule has 0 unspecified atom stereocenters. The number of amides is 1. The Labute approximate surface area is 103 Å². The Bertz CT molecular complexity index is 207. The lowest BCUT2D eigenvalue weighted by molar-refractivity contribution is -0.120. The fraction of sp³-hybridized carbons (Fsp3) is 0.917. The maximum atomic E-state index is 11.7. The van der Waals surface area contributed by atoms with E-state index >= 15 is 0 Å². The molecule has 1 saturated heterocycles. The number of nitrogens with zero attached hydrogens (tertiary/aromatic N) is 1. The standard InChI is InChI=1S/C12H24N2OS/c1-3-14(4-2)9-10-16-11-7-5-6-8-13-12(11)15/h11H,3-10H2,1-2H3,(H,13,15)/t11-/m1/s1. The third-order valence-electron chi connectivity index (χ3n) is 3.11. The first-order chi connectivity index (χ1) is 7.77. The SMILES string of the molecule is CCN(CC)CCS[C@@H]1CCCCNC1=O. The van der Waals surface area contributed by atoms with Crippen LogP contribution in [0.2, 0.25) is 0 Å². The zero-order chi connectivity index (χ0) is 11.8. The minimum absolute atomic E-state index is 0.193. The summed E-state index contributed by atoms with van der Waals surface area (Å²) in [4.78, 5) is 14.1. The first-order valence-electron chi connectivity index (χ1n) is 6.39. The van der Waals surface area contributed by atoms with Crippen molar-refractivity contribution in [1.29, 1.82) is 0 Å². The van der Waals surface area contributed by atoms with Crippen LogP contribution in [0.3, 0.4) is 0 Å². The number of hydrogen-bond acceptors (Lipinski definition) is 3. The Morgan fingerprint density at radius 1 is 1.38 bits per heavy atom. The van der Waals surface area contributed by atoms with Gasteiger partial charge in [0.25, 0.3) is 0 Å². The second-order valence-corrected chi connectivity index (χ2v) is 5.48. The lowest BCUT2D eigenvalue weighted by Gasteiger charge is -2.19. The third kappa shape index (κ3) is 4.74. The maximum Gasteiger partial charge on any atom is 0.233 e. The summed E-state index contributed by atoms with van der Waals surface area (Å²) in [6, 6.07) is 0. The molecule has 1 fully saturated rings. The molecule has 94 valence electrons. The van der Waals surface area contributed by atoms with Crippen LogP contribution in [0.4, 0.5) is 0 Å². The van der Waals surface area contributed by atoms with Gasteiger partial charge in [-0.2, -0.15) is 0 Å². The van der Waals surface area contributed by atoms with E-state index in [1.165, 1.54) is 6.42 Å². The van der Waals surface area contributed by atoms with E-state index in [9.17, 15) is 4.79 Å². The van der Waals surface area contributed by atoms with Gasteiger partial charge >= 0.3 is 0 Å². The van der Waals surface area contributed by atoms with E-state index in [1.807, 2.05) is 11.8 Å². The monoisotopic (exact) mass is 244 g/mol. The predicted octanol–water partition coefficient (Wildman–Crippen LogP) is 1.73. The minimum atomic E-state index is 0.193. The molecule has 0 aromatic rings. The van der Waals surface area contributed by atoms with Gasteiger partial charge in [-0.3, -0.25) is 4.79 Å². The van der Waals surface area contributed by atoms with Gasteiger partial charge in [-0.1, -0.05) is 20.3 Å². The van der Waals surface area contributed by atoms with Crippen molar-refractivity contribution in [1.82, 2.24) is 10.2 Å². The van der Waals surface area contributed by atoms with Crippen molar-refractivity contribution in [2.75, 3.05) is 31.9 Å². The highest BCUT2D eigenvalue weighted by Crippen LogP contribution is 2.19. The Morgan fingerprint density at radius 2 is 2.12 bits per heavy atom. The van der Waals surface area contributed by atoms with Crippen LogP contribution in [-0.2, 0) is 4.79 Å². The molecule has 16 heavy (non-hydrogen) atoms. The van der Waals surface area contributed by atoms with Crippen LogP contribution in [0.1, 0.15) is 33.1 Å². The summed E-state index contributed by atoms with van der Waals surface area (Å²) in [5, 5.41) is 3.18. The molecule has 1 aliphatic heterocycles. The lowest BCUT2D eigenvalue weighted by atomic mass is 10.2. The normalized spacial score (nSPS) is 21.9. The molecule has 0 bridgehead atoms. The molecule has 0 aliphatic carbocycles. The van der Waals surface area contributed by atoms with Gasteiger partial charge in [0, 0.05) is 18.8 Å². The van der Waals surface area contributed by atoms with Crippen LogP contribution in [0.25, 0.3) is 0 Å². The lowest BCUT2D eigenvalue weighted by Crippen LogP contribution is -2.32. The topological polar surface area (TPSA) is 32.3 Å². The molecule has 1 atom stereocenters. The molecule has 0 aromatic heterocycles. The third-order valence-corrected chi connectivity index (χ3v) is 4.38. The Morgan fingerprint density at radius 3 is 2.81 bits per heavy atom. The van der Waals surface area contributed by atoms with Crippen molar-refractivity contribution >= 4 is 17.7 Å². The van der Waals surface area contributed by atoms with Crippen LogP contribution >= 0.6 is 11.8 Å². The number of hydrogen-bond donors (Lipinski definition) is 1. The van der Waals surface area contributed by atoms with Crippen molar-refractivity contribution in [3.8, 4) is 0 Å². The quantitative estimate of drug-likeness (QED) is 0.772. The van der Waals surface area contributed by atoms with Crippen LogP contribution in [0, 0.1) is 0 Å². The molecule has 1 amide bonds. The van der Waals surface area contributed by atoms with Gasteiger partial charge in [-0.15, -0.1) is 11.8 Å². The molecule has 0 spiro atoms. The van der Waals surface area contributed by atoms with Crippen molar-refractivity contribution in [3.05, 3.63) is 0 Å². The number of thioether (sulfide) groups is 1. The first kappa shape index (κ1) is 13.8. The van der Waals surface area contributed by atoms with E-state index in [1.54, 1.807) is 0 Å². The highest BCUT2D eigenvalue weighted by Gasteiger charge is 2.20. The second-order valence-electron chi connectivity index (χ2n) is 4.17. The molecule has 1 rings (SSSR count). The fourth-order valence-corrected chi connectivity index (χ4v) is 3.15. The second kappa shape index (κ2) is 7.96. The van der Waals surface area contributed by atoms with Gasteiger partial charge in [-0.25, -0.2) is 0 Å². The van der Waals surface area contributed by atoms with Gasteiger partial charge in [0.2, 0.25) is 5.91 Å². The molecule has 1 aliphatic rings. The summed E-state index contributed by atoms with van der Waals surface area (Å²) < 4.78 is 0. The summed E-state index contributed by atoms with van der Waals surface area (Å²) in [6.45, 7) is 8.55. The Kier molecular flexibility index (Phi) is 6.88. The van der Waals surface area contributed by atoms with Gasteiger partial charge in [0.1, 0.15) is 0 Å². The van der Waals surface area contributed by atoms with Crippen LogP contribution < -0.4 is 5.32 Å². The Balaban J connectivity index is 2.22. The average molecular weight is 244 g/mol. The average Bonchev–Trinajstić information content (AvgIpc) is 2.50. The largest absolute Gasteiger partial charge is 0.355 e. The van der Waals surface area contributed by atoms with Gasteiger partial charge in [0.15, 0.2) is 0 Å². The molecular formula is C12H24N2OS. The summed E-state index contributed by atoms with van der Waals surface area (Å²) >= 11 is 1.82. The first-order valence-corrected chi connectivity index (χ1v) is 7.44. The predicted molar refractivity (Wildman–Crippen MR) is 70.9 cm³/mol. The number of rotatable bonds is 6. The smallest absolute Gasteiger partial charge is 0.233 e. The van der Waals surface area contributed by atoms with E-state index in [2.05, 4.69) is 24.1 Å². The van der Waals surface area contributed by atoms with Crippen LogP contribution in [-0.4, -0.2) is 48.0 Å². The summed E-state index contributed by atoms with van der Waals surface area (Å²) in [6.07, 6.45) is 3.37. The molecular weight excluding hydrogens is 220 g/mol. The van der Waals surface area contributed by atoms with Gasteiger partial charge < -0.3 is 10.2 Å².